The predicted octanol–water partition coefficient (Wildman–Crippen LogP) is 6.43. The Morgan fingerprint density at radius 3 is 2.59 bits per heavy atom. The van der Waals surface area contributed by atoms with Gasteiger partial charge in [-0.1, -0.05) is 13.0 Å². The monoisotopic (exact) mass is 369 g/mol. The number of halogens is 4. The Morgan fingerprint density at radius 2 is 2.00 bits per heavy atom. The van der Waals surface area contributed by atoms with Crippen LogP contribution in [0.2, 0.25) is 0 Å². The quantitative estimate of drug-likeness (QED) is 0.566. The Bertz CT molecular complexity index is 741. The number of hydrogen-bond acceptors (Lipinski definition) is 1. The molecule has 0 aromatic heterocycles. The van der Waals surface area contributed by atoms with Crippen molar-refractivity contribution in [2.45, 2.75) is 19.8 Å². The van der Waals surface area contributed by atoms with Crippen molar-refractivity contribution in [3.05, 3.63) is 63.2 Å². The van der Waals surface area contributed by atoms with Crippen LogP contribution in [-0.2, 0) is 6.42 Å². The molecule has 2 rings (SSSR count). The van der Waals surface area contributed by atoms with Gasteiger partial charge in [0.1, 0.15) is 5.75 Å². The largest absolute Gasteiger partial charge is 0.454 e. The van der Waals surface area contributed by atoms with Gasteiger partial charge in [0.15, 0.2) is 17.3 Å². The first-order valence-electron chi connectivity index (χ1n) is 6.41. The lowest BCUT2D eigenvalue weighted by Gasteiger charge is -2.13. The van der Waals surface area contributed by atoms with Crippen LogP contribution in [-0.4, -0.2) is 0 Å². The van der Waals surface area contributed by atoms with Gasteiger partial charge in [-0.15, -0.1) is 0 Å². The summed E-state index contributed by atoms with van der Waals surface area (Å²) in [5.41, 5.74) is 0.122. The summed E-state index contributed by atoms with van der Waals surface area (Å²) in [7, 11) is 0. The summed E-state index contributed by atoms with van der Waals surface area (Å²) >= 11 is 3.18. The second-order valence-corrected chi connectivity index (χ2v) is 5.33. The van der Waals surface area contributed by atoms with Crippen LogP contribution in [0.1, 0.15) is 24.5 Å². The van der Waals surface area contributed by atoms with Gasteiger partial charge in [0, 0.05) is 5.56 Å². The van der Waals surface area contributed by atoms with Gasteiger partial charge in [-0.25, -0.2) is 18.0 Å². The molecule has 0 unspecified atom stereocenters. The van der Waals surface area contributed by atoms with E-state index in [4.69, 9.17) is 11.3 Å². The van der Waals surface area contributed by atoms with Crippen LogP contribution < -0.4 is 4.74 Å². The predicted molar refractivity (Wildman–Crippen MR) is 81.2 cm³/mol. The van der Waals surface area contributed by atoms with E-state index in [0.29, 0.717) is 16.5 Å². The van der Waals surface area contributed by atoms with Gasteiger partial charge >= 0.3 is 0 Å². The van der Waals surface area contributed by atoms with Crippen molar-refractivity contribution < 1.29 is 17.9 Å². The highest BCUT2D eigenvalue weighted by atomic mass is 79.9. The third kappa shape index (κ3) is 3.42. The fourth-order valence-corrected chi connectivity index (χ4v) is 2.30. The minimum absolute atomic E-state index is 0.00310. The minimum atomic E-state index is -2.74. The van der Waals surface area contributed by atoms with E-state index in [0.717, 1.165) is 12.1 Å². The smallest absolute Gasteiger partial charge is 0.262 e. The summed E-state index contributed by atoms with van der Waals surface area (Å²) in [4.78, 5) is 3.13. The van der Waals surface area contributed by atoms with Crippen LogP contribution in [0.4, 0.5) is 18.9 Å². The molecule has 6 heteroatoms. The lowest BCUT2D eigenvalue weighted by Crippen LogP contribution is -1.95. The fraction of sp³-hybridized carbons (Fsp3) is 0.188. The zero-order valence-corrected chi connectivity index (χ0v) is 13.1. The second-order valence-electron chi connectivity index (χ2n) is 4.48. The van der Waals surface area contributed by atoms with Crippen LogP contribution in [0.15, 0.2) is 34.8 Å². The maximum Gasteiger partial charge on any atom is 0.262 e. The van der Waals surface area contributed by atoms with Crippen molar-refractivity contribution >= 4 is 21.6 Å². The minimum Gasteiger partial charge on any atom is -0.454 e. The van der Waals surface area contributed by atoms with Crippen molar-refractivity contribution in [1.82, 2.24) is 0 Å². The van der Waals surface area contributed by atoms with Crippen molar-refractivity contribution in [2.75, 3.05) is 0 Å². The summed E-state index contributed by atoms with van der Waals surface area (Å²) in [5, 5.41) is 0. The molecule has 114 valence electrons. The molecule has 0 fully saturated rings. The van der Waals surface area contributed by atoms with Crippen LogP contribution in [0.5, 0.6) is 11.5 Å². The standard InChI is InChI=1S/C16H11BrF3NO/c1-3-9-4-5-13(17)15(14(9)18)22-12-7-10(16(19)20)6-11(8-12)21-2/h4-8,16H,3H2,1H3. The van der Waals surface area contributed by atoms with Crippen molar-refractivity contribution in [3.63, 3.8) is 0 Å². The highest BCUT2D eigenvalue weighted by molar-refractivity contribution is 9.10. The molecule has 0 atom stereocenters. The molecule has 2 aromatic carbocycles. The zero-order valence-electron chi connectivity index (χ0n) is 11.5. The number of alkyl halides is 2. The SMILES string of the molecule is [C-]#[N+]c1cc(Oc2c(Br)ccc(CC)c2F)cc(C(F)F)c1. The summed E-state index contributed by atoms with van der Waals surface area (Å²) in [5.74, 6) is -0.637. The molecular formula is C16H11BrF3NO. The average molecular weight is 370 g/mol. The summed E-state index contributed by atoms with van der Waals surface area (Å²) in [6, 6.07) is 6.72. The molecule has 2 aromatic rings. The van der Waals surface area contributed by atoms with E-state index in [-0.39, 0.29) is 22.7 Å². The Balaban J connectivity index is 2.47. The molecule has 22 heavy (non-hydrogen) atoms. The maximum atomic E-state index is 14.3. The number of rotatable bonds is 4. The first kappa shape index (κ1) is 16.4. The molecule has 0 radical (unpaired) electrons. The fourth-order valence-electron chi connectivity index (χ4n) is 1.91. The third-order valence-electron chi connectivity index (χ3n) is 3.02. The van der Waals surface area contributed by atoms with E-state index in [1.54, 1.807) is 19.1 Å². The third-order valence-corrected chi connectivity index (χ3v) is 3.65. The summed E-state index contributed by atoms with van der Waals surface area (Å²) < 4.78 is 45.8. The summed E-state index contributed by atoms with van der Waals surface area (Å²) in [6.45, 7) is 8.74. The van der Waals surface area contributed by atoms with Crippen molar-refractivity contribution in [1.29, 1.82) is 0 Å². The lowest BCUT2D eigenvalue weighted by atomic mass is 10.1. The van der Waals surface area contributed by atoms with Crippen molar-refractivity contribution in [3.8, 4) is 11.5 Å². The molecule has 0 aliphatic carbocycles. The van der Waals surface area contributed by atoms with Gasteiger partial charge in [-0.2, -0.15) is 0 Å². The Labute approximate surface area is 134 Å². The lowest BCUT2D eigenvalue weighted by molar-refractivity contribution is 0.151. The Morgan fingerprint density at radius 1 is 1.27 bits per heavy atom. The molecule has 0 aliphatic heterocycles. The number of ether oxygens (including phenoxy) is 1. The van der Waals surface area contributed by atoms with Gasteiger partial charge in [0.2, 0.25) is 0 Å². The first-order chi connectivity index (χ1) is 10.5. The molecule has 0 heterocycles. The molecule has 0 amide bonds. The van der Waals surface area contributed by atoms with Gasteiger partial charge in [0.25, 0.3) is 6.43 Å². The van der Waals surface area contributed by atoms with E-state index in [1.165, 1.54) is 6.07 Å². The molecular weight excluding hydrogens is 359 g/mol. The second kappa shape index (κ2) is 6.84. The highest BCUT2D eigenvalue weighted by Crippen LogP contribution is 2.37. The maximum absolute atomic E-state index is 14.3. The molecule has 0 saturated carbocycles. The van der Waals surface area contributed by atoms with E-state index in [9.17, 15) is 13.2 Å². The number of benzene rings is 2. The molecule has 0 saturated heterocycles. The van der Waals surface area contributed by atoms with Crippen LogP contribution in [0.25, 0.3) is 4.85 Å². The Hall–Kier alpha value is -2.00. The number of nitrogens with zero attached hydrogens (tertiary/aromatic N) is 1. The molecule has 0 N–H and O–H groups in total. The van der Waals surface area contributed by atoms with Gasteiger partial charge in [-0.3, -0.25) is 0 Å². The van der Waals surface area contributed by atoms with Gasteiger partial charge in [-0.05, 0) is 52.2 Å². The van der Waals surface area contributed by atoms with Crippen LogP contribution in [0.3, 0.4) is 0 Å². The number of aryl methyl sites for hydroxylation is 1. The molecule has 0 aliphatic rings. The normalized spacial score (nSPS) is 10.6. The first-order valence-corrected chi connectivity index (χ1v) is 7.20. The zero-order chi connectivity index (χ0) is 16.3. The topological polar surface area (TPSA) is 13.6 Å². The highest BCUT2D eigenvalue weighted by Gasteiger charge is 2.16. The Kier molecular flexibility index (Phi) is 5.09. The van der Waals surface area contributed by atoms with Crippen LogP contribution in [0, 0.1) is 12.4 Å². The molecule has 0 spiro atoms. The molecule has 0 bridgehead atoms. The van der Waals surface area contributed by atoms with E-state index in [1.807, 2.05) is 0 Å². The van der Waals surface area contributed by atoms with Gasteiger partial charge < -0.3 is 4.74 Å². The van der Waals surface area contributed by atoms with E-state index < -0.39 is 12.2 Å². The van der Waals surface area contributed by atoms with E-state index >= 15 is 0 Å². The van der Waals surface area contributed by atoms with Crippen molar-refractivity contribution in [2.24, 2.45) is 0 Å². The number of hydrogen-bond donors (Lipinski definition) is 0. The summed E-state index contributed by atoms with van der Waals surface area (Å²) in [6.07, 6.45) is -2.26. The average Bonchev–Trinajstić information content (AvgIpc) is 2.51. The molecule has 2 nitrogen and oxygen atoms in total. The van der Waals surface area contributed by atoms with E-state index in [2.05, 4.69) is 20.8 Å². The van der Waals surface area contributed by atoms with Gasteiger partial charge in [0.05, 0.1) is 11.0 Å². The van der Waals surface area contributed by atoms with Crippen LogP contribution >= 0.6 is 15.9 Å².